The van der Waals surface area contributed by atoms with Crippen molar-refractivity contribution in [1.82, 2.24) is 4.90 Å². The largest absolute Gasteiger partial charge is 0.300 e. The van der Waals surface area contributed by atoms with Crippen molar-refractivity contribution in [2.45, 2.75) is 59.3 Å². The first-order chi connectivity index (χ1) is 7.35. The molecule has 0 saturated carbocycles. The molecule has 0 spiro atoms. The van der Waals surface area contributed by atoms with Crippen molar-refractivity contribution < 1.29 is 0 Å². The van der Waals surface area contributed by atoms with Crippen molar-refractivity contribution in [3.8, 4) is 0 Å². The molecular weight excluding hydrogens is 182 g/mol. The van der Waals surface area contributed by atoms with Crippen LogP contribution in [0.1, 0.15) is 59.3 Å². The molecule has 0 radical (unpaired) electrons. The van der Waals surface area contributed by atoms with E-state index in [9.17, 15) is 0 Å². The zero-order valence-electron chi connectivity index (χ0n) is 11.0. The fourth-order valence-electron chi connectivity index (χ4n) is 1.78. The van der Waals surface area contributed by atoms with Crippen molar-refractivity contribution in [2.75, 3.05) is 19.6 Å². The van der Waals surface area contributed by atoms with Crippen LogP contribution in [0.5, 0.6) is 0 Å². The van der Waals surface area contributed by atoms with E-state index < -0.39 is 0 Å². The van der Waals surface area contributed by atoms with Crippen molar-refractivity contribution in [3.05, 3.63) is 12.2 Å². The molecule has 0 unspecified atom stereocenters. The van der Waals surface area contributed by atoms with Crippen LogP contribution in [0.3, 0.4) is 0 Å². The molecule has 15 heavy (non-hydrogen) atoms. The van der Waals surface area contributed by atoms with Gasteiger partial charge in [-0.1, -0.05) is 45.8 Å². The van der Waals surface area contributed by atoms with Gasteiger partial charge in [-0.2, -0.15) is 0 Å². The molecule has 0 N–H and O–H groups in total. The van der Waals surface area contributed by atoms with E-state index in [1.165, 1.54) is 51.6 Å². The highest BCUT2D eigenvalue weighted by atomic mass is 15.1. The van der Waals surface area contributed by atoms with Crippen LogP contribution in [0, 0.1) is 0 Å². The highest BCUT2D eigenvalue weighted by Gasteiger charge is 1.98. The Morgan fingerprint density at radius 3 is 2.00 bits per heavy atom. The van der Waals surface area contributed by atoms with E-state index in [1.807, 2.05) is 0 Å². The maximum Gasteiger partial charge on any atom is 0.0163 e. The van der Waals surface area contributed by atoms with Gasteiger partial charge in [0.1, 0.15) is 0 Å². The van der Waals surface area contributed by atoms with Gasteiger partial charge in [-0.05, 0) is 38.8 Å². The second kappa shape index (κ2) is 11.8. The van der Waals surface area contributed by atoms with Gasteiger partial charge in [0.25, 0.3) is 0 Å². The maximum atomic E-state index is 2.54. The molecule has 0 aromatic carbocycles. The molecule has 0 aromatic rings. The Morgan fingerprint density at radius 1 is 0.800 bits per heavy atom. The summed E-state index contributed by atoms with van der Waals surface area (Å²) in [5.74, 6) is 0. The van der Waals surface area contributed by atoms with Crippen LogP contribution in [-0.2, 0) is 0 Å². The summed E-state index contributed by atoms with van der Waals surface area (Å²) in [5.41, 5.74) is 0. The van der Waals surface area contributed by atoms with Gasteiger partial charge in [-0.3, -0.25) is 4.90 Å². The van der Waals surface area contributed by atoms with Crippen molar-refractivity contribution in [1.29, 1.82) is 0 Å². The summed E-state index contributed by atoms with van der Waals surface area (Å²) >= 11 is 0. The Labute approximate surface area is 96.6 Å². The van der Waals surface area contributed by atoms with Crippen LogP contribution in [0.2, 0.25) is 0 Å². The first kappa shape index (κ1) is 14.7. The third-order valence-corrected chi connectivity index (χ3v) is 2.58. The fraction of sp³-hybridized carbons (Fsp3) is 0.857. The molecule has 0 aliphatic rings. The van der Waals surface area contributed by atoms with Crippen molar-refractivity contribution in [2.24, 2.45) is 0 Å². The lowest BCUT2D eigenvalue weighted by Gasteiger charge is -2.18. The number of nitrogens with zero attached hydrogens (tertiary/aromatic N) is 1. The van der Waals surface area contributed by atoms with Crippen LogP contribution < -0.4 is 0 Å². The van der Waals surface area contributed by atoms with Crippen LogP contribution >= 0.6 is 0 Å². The number of allylic oxidation sites excluding steroid dienone is 1. The molecule has 0 bridgehead atoms. The van der Waals surface area contributed by atoms with E-state index >= 15 is 0 Å². The van der Waals surface area contributed by atoms with E-state index in [0.29, 0.717) is 0 Å². The molecule has 0 aliphatic heterocycles. The Kier molecular flexibility index (Phi) is 11.5. The molecule has 0 rings (SSSR count). The SMILES string of the molecule is CCCCC/C=C/CN(CCC)CCC. The average molecular weight is 211 g/mol. The molecule has 0 fully saturated rings. The molecule has 0 heterocycles. The molecule has 90 valence electrons. The molecule has 0 aromatic heterocycles. The summed E-state index contributed by atoms with van der Waals surface area (Å²) in [6, 6.07) is 0. The smallest absolute Gasteiger partial charge is 0.0163 e. The summed E-state index contributed by atoms with van der Waals surface area (Å²) in [5, 5.41) is 0. The summed E-state index contributed by atoms with van der Waals surface area (Å²) < 4.78 is 0. The van der Waals surface area contributed by atoms with Crippen LogP contribution in [0.15, 0.2) is 12.2 Å². The zero-order valence-corrected chi connectivity index (χ0v) is 11.0. The van der Waals surface area contributed by atoms with Crippen LogP contribution in [0.25, 0.3) is 0 Å². The van der Waals surface area contributed by atoms with Crippen molar-refractivity contribution >= 4 is 0 Å². The lowest BCUT2D eigenvalue weighted by molar-refractivity contribution is 0.303. The Balaban J connectivity index is 3.49. The Hall–Kier alpha value is -0.300. The lowest BCUT2D eigenvalue weighted by atomic mass is 10.2. The highest BCUT2D eigenvalue weighted by molar-refractivity contribution is 4.84. The monoisotopic (exact) mass is 211 g/mol. The number of hydrogen-bond acceptors (Lipinski definition) is 1. The van der Waals surface area contributed by atoms with E-state index in [-0.39, 0.29) is 0 Å². The zero-order chi connectivity index (χ0) is 11.4. The van der Waals surface area contributed by atoms with E-state index in [4.69, 9.17) is 0 Å². The Bertz CT molecular complexity index is 134. The topological polar surface area (TPSA) is 3.24 Å². The second-order valence-corrected chi connectivity index (χ2v) is 4.27. The summed E-state index contributed by atoms with van der Waals surface area (Å²) in [6.07, 6.45) is 12.6. The molecule has 1 nitrogen and oxygen atoms in total. The van der Waals surface area contributed by atoms with Gasteiger partial charge >= 0.3 is 0 Å². The summed E-state index contributed by atoms with van der Waals surface area (Å²) in [4.78, 5) is 2.54. The molecule has 0 aliphatic carbocycles. The van der Waals surface area contributed by atoms with Crippen molar-refractivity contribution in [3.63, 3.8) is 0 Å². The second-order valence-electron chi connectivity index (χ2n) is 4.27. The minimum atomic E-state index is 1.15. The third-order valence-electron chi connectivity index (χ3n) is 2.58. The predicted octanol–water partition coefficient (Wildman–Crippen LogP) is 4.24. The number of unbranched alkanes of at least 4 members (excludes halogenated alkanes) is 3. The minimum absolute atomic E-state index is 1.15. The maximum absolute atomic E-state index is 2.54. The molecular formula is C14H29N. The molecule has 0 saturated heterocycles. The molecule has 1 heteroatoms. The lowest BCUT2D eigenvalue weighted by Crippen LogP contribution is -2.25. The quantitative estimate of drug-likeness (QED) is 0.386. The summed E-state index contributed by atoms with van der Waals surface area (Å²) in [7, 11) is 0. The van der Waals surface area contributed by atoms with Crippen LogP contribution in [-0.4, -0.2) is 24.5 Å². The van der Waals surface area contributed by atoms with Gasteiger partial charge in [-0.15, -0.1) is 0 Å². The highest BCUT2D eigenvalue weighted by Crippen LogP contribution is 2.00. The van der Waals surface area contributed by atoms with Gasteiger partial charge in [0, 0.05) is 6.54 Å². The van der Waals surface area contributed by atoms with E-state index in [1.54, 1.807) is 0 Å². The first-order valence-electron chi connectivity index (χ1n) is 6.72. The standard InChI is InChI=1S/C14H29N/c1-4-7-8-9-10-11-14-15(12-5-2)13-6-3/h10-11H,4-9,12-14H2,1-3H3/b11-10+. The fourth-order valence-corrected chi connectivity index (χ4v) is 1.78. The van der Waals surface area contributed by atoms with E-state index in [2.05, 4.69) is 37.8 Å². The van der Waals surface area contributed by atoms with Gasteiger partial charge < -0.3 is 0 Å². The minimum Gasteiger partial charge on any atom is -0.300 e. The van der Waals surface area contributed by atoms with Crippen LogP contribution in [0.4, 0.5) is 0 Å². The molecule has 0 amide bonds. The van der Waals surface area contributed by atoms with Gasteiger partial charge in [-0.25, -0.2) is 0 Å². The number of rotatable bonds is 10. The first-order valence-corrected chi connectivity index (χ1v) is 6.72. The van der Waals surface area contributed by atoms with Gasteiger partial charge in [0.2, 0.25) is 0 Å². The summed E-state index contributed by atoms with van der Waals surface area (Å²) in [6.45, 7) is 10.4. The molecule has 0 atom stereocenters. The average Bonchev–Trinajstić information content (AvgIpc) is 2.24. The van der Waals surface area contributed by atoms with Gasteiger partial charge in [0.15, 0.2) is 0 Å². The van der Waals surface area contributed by atoms with E-state index in [0.717, 1.165) is 6.54 Å². The number of hydrogen-bond donors (Lipinski definition) is 0. The predicted molar refractivity (Wildman–Crippen MR) is 70.3 cm³/mol. The Morgan fingerprint density at radius 2 is 1.47 bits per heavy atom. The third kappa shape index (κ3) is 9.99. The van der Waals surface area contributed by atoms with Gasteiger partial charge in [0.05, 0.1) is 0 Å². The normalized spacial score (nSPS) is 11.7.